The van der Waals surface area contributed by atoms with Crippen LogP contribution >= 0.6 is 0 Å². The molecule has 29 heavy (non-hydrogen) atoms. The van der Waals surface area contributed by atoms with Crippen LogP contribution in [0.4, 0.5) is 14.5 Å². The zero-order chi connectivity index (χ0) is 21.3. The molecule has 0 aliphatic rings. The Balaban J connectivity index is 1.86. The van der Waals surface area contributed by atoms with E-state index >= 15 is 0 Å². The van der Waals surface area contributed by atoms with Crippen LogP contribution in [0.2, 0.25) is 0 Å². The van der Waals surface area contributed by atoms with Crippen molar-refractivity contribution in [1.29, 1.82) is 0 Å². The summed E-state index contributed by atoms with van der Waals surface area (Å²) in [6.07, 6.45) is -0.191. The molecule has 3 aromatic rings. The Morgan fingerprint density at radius 1 is 1.34 bits per heavy atom. The van der Waals surface area contributed by atoms with Crippen molar-refractivity contribution in [1.82, 2.24) is 19.1 Å². The molecule has 0 fully saturated rings. The molecule has 0 unspecified atom stereocenters. The van der Waals surface area contributed by atoms with Gasteiger partial charge in [-0.15, -0.1) is 0 Å². The number of sulfonamides is 1. The minimum Gasteiger partial charge on any atom is -0.325 e. The van der Waals surface area contributed by atoms with Gasteiger partial charge >= 0.3 is 0 Å². The number of aromatic nitrogens is 3. The summed E-state index contributed by atoms with van der Waals surface area (Å²) in [7, 11) is -1.60. The highest BCUT2D eigenvalue weighted by Crippen LogP contribution is 2.30. The summed E-state index contributed by atoms with van der Waals surface area (Å²) in [5.74, 6) is -0.699. The van der Waals surface area contributed by atoms with Crippen LogP contribution in [0.15, 0.2) is 46.3 Å². The number of alkyl halides is 2. The Morgan fingerprint density at radius 3 is 2.72 bits per heavy atom. The molecule has 1 amide bonds. The predicted molar refractivity (Wildman–Crippen MR) is 101 cm³/mol. The highest BCUT2D eigenvalue weighted by atomic mass is 32.2. The zero-order valence-electron chi connectivity index (χ0n) is 15.4. The molecule has 0 aliphatic carbocycles. The van der Waals surface area contributed by atoms with Gasteiger partial charge in [-0.05, 0) is 18.2 Å². The van der Waals surface area contributed by atoms with E-state index < -0.39 is 39.4 Å². The number of benzene rings is 1. The van der Waals surface area contributed by atoms with E-state index in [1.807, 2.05) is 0 Å². The molecule has 0 bridgehead atoms. The van der Waals surface area contributed by atoms with Crippen LogP contribution in [-0.4, -0.2) is 47.0 Å². The monoisotopic (exact) mass is 425 g/mol. The Kier molecular flexibility index (Phi) is 5.48. The molecule has 3 rings (SSSR count). The van der Waals surface area contributed by atoms with Crippen molar-refractivity contribution in [2.75, 3.05) is 18.9 Å². The largest absolute Gasteiger partial charge is 0.325 e. The van der Waals surface area contributed by atoms with Gasteiger partial charge in [-0.1, -0.05) is 0 Å². The molecule has 154 valence electrons. The lowest BCUT2D eigenvalue weighted by atomic mass is 10.2. The Bertz CT molecular complexity index is 1240. The topological polar surface area (TPSA) is 117 Å². The predicted octanol–water partition coefficient (Wildman–Crippen LogP) is 1.46. The minimum atomic E-state index is -4.29. The van der Waals surface area contributed by atoms with Crippen LogP contribution in [0.1, 0.15) is 12.0 Å². The van der Waals surface area contributed by atoms with Gasteiger partial charge in [0.25, 0.3) is 12.0 Å². The van der Waals surface area contributed by atoms with Crippen LogP contribution in [0.3, 0.4) is 0 Å². The summed E-state index contributed by atoms with van der Waals surface area (Å²) in [6.45, 7) is -0.591. The third-order valence-corrected chi connectivity index (χ3v) is 6.06. The van der Waals surface area contributed by atoms with Crippen LogP contribution in [-0.2, 0) is 21.9 Å². The third-order valence-electron chi connectivity index (χ3n) is 4.23. The van der Waals surface area contributed by atoms with E-state index in [-0.39, 0.29) is 22.1 Å². The van der Waals surface area contributed by atoms with Crippen molar-refractivity contribution < 1.29 is 22.0 Å². The maximum atomic E-state index is 13.2. The lowest BCUT2D eigenvalue weighted by Gasteiger charge is -2.18. The first-order valence-corrected chi connectivity index (χ1v) is 9.71. The second-order valence-electron chi connectivity index (χ2n) is 6.33. The van der Waals surface area contributed by atoms with E-state index in [0.717, 1.165) is 23.5 Å². The van der Waals surface area contributed by atoms with Crippen molar-refractivity contribution in [3.63, 3.8) is 0 Å². The molecule has 0 saturated heterocycles. The van der Waals surface area contributed by atoms with Crippen molar-refractivity contribution in [3.05, 3.63) is 52.6 Å². The molecular weight excluding hydrogens is 408 g/mol. The minimum absolute atomic E-state index is 0.0632. The molecule has 12 heteroatoms. The summed E-state index contributed by atoms with van der Waals surface area (Å²) >= 11 is 0. The van der Waals surface area contributed by atoms with Gasteiger partial charge in [-0.2, -0.15) is 9.40 Å². The fraction of sp³-hybridized carbons (Fsp3) is 0.235. The molecule has 0 radical (unpaired) electrons. The summed E-state index contributed by atoms with van der Waals surface area (Å²) in [5, 5.41) is 8.82. The number of hydrogen-bond acceptors (Lipinski definition) is 5. The maximum absolute atomic E-state index is 13.2. The van der Waals surface area contributed by atoms with Crippen LogP contribution in [0.5, 0.6) is 0 Å². The number of carbonyl (C=O) groups is 1. The van der Waals surface area contributed by atoms with Crippen molar-refractivity contribution in [2.45, 2.75) is 11.3 Å². The van der Waals surface area contributed by atoms with Crippen molar-refractivity contribution in [3.8, 4) is 0 Å². The highest BCUT2D eigenvalue weighted by molar-refractivity contribution is 7.89. The van der Waals surface area contributed by atoms with Crippen LogP contribution < -0.4 is 10.9 Å². The quantitative estimate of drug-likeness (QED) is 0.620. The second-order valence-corrected chi connectivity index (χ2v) is 8.34. The SMILES string of the molecule is CN(CC(=O)Nc1ccn(C)c(=O)c1)S(=O)(=O)c1cc(C(F)F)cc2cn[nH]c12. The normalized spacial score (nSPS) is 12.1. The Hall–Kier alpha value is -3.12. The number of H-pyrrole nitrogens is 1. The van der Waals surface area contributed by atoms with Crippen LogP contribution in [0, 0.1) is 0 Å². The van der Waals surface area contributed by atoms with Gasteiger partial charge in [0.05, 0.1) is 18.3 Å². The van der Waals surface area contributed by atoms with Gasteiger partial charge in [0.15, 0.2) is 0 Å². The summed E-state index contributed by atoms with van der Waals surface area (Å²) in [5.41, 5.74) is -0.558. The van der Waals surface area contributed by atoms with Gasteiger partial charge in [-0.25, -0.2) is 17.2 Å². The molecule has 0 atom stereocenters. The first-order chi connectivity index (χ1) is 13.6. The van der Waals surface area contributed by atoms with Gasteiger partial charge < -0.3 is 9.88 Å². The molecule has 2 heterocycles. The smallest absolute Gasteiger partial charge is 0.263 e. The van der Waals surface area contributed by atoms with E-state index in [4.69, 9.17) is 0 Å². The van der Waals surface area contributed by atoms with E-state index in [9.17, 15) is 26.8 Å². The number of aryl methyl sites for hydroxylation is 1. The van der Waals surface area contributed by atoms with Crippen molar-refractivity contribution in [2.24, 2.45) is 7.05 Å². The zero-order valence-corrected chi connectivity index (χ0v) is 16.2. The van der Waals surface area contributed by atoms with E-state index in [2.05, 4.69) is 15.5 Å². The Morgan fingerprint density at radius 2 is 2.07 bits per heavy atom. The summed E-state index contributed by atoms with van der Waals surface area (Å²) in [4.78, 5) is 23.4. The van der Waals surface area contributed by atoms with Gasteiger partial charge in [-0.3, -0.25) is 14.7 Å². The number of likely N-dealkylation sites (N-methyl/N-ethyl adjacent to an activating group) is 1. The average molecular weight is 425 g/mol. The van der Waals surface area contributed by atoms with E-state index in [1.165, 1.54) is 36.1 Å². The number of rotatable bonds is 6. The van der Waals surface area contributed by atoms with E-state index in [1.54, 1.807) is 0 Å². The number of halogens is 2. The summed E-state index contributed by atoms with van der Waals surface area (Å²) < 4.78 is 54.2. The molecule has 0 saturated carbocycles. The standard InChI is InChI=1S/C17H17F2N5O4S/c1-23-4-3-12(7-15(23)26)21-14(25)9-24(2)29(27,28)13-6-10(17(18)19)5-11-8-20-22-16(11)13/h3-8,17H,9H2,1-2H3,(H,20,22)(H,21,25). The first-order valence-electron chi connectivity index (χ1n) is 8.27. The molecule has 9 nitrogen and oxygen atoms in total. The molecule has 2 aromatic heterocycles. The number of pyridine rings is 1. The average Bonchev–Trinajstić information content (AvgIpc) is 3.12. The third kappa shape index (κ3) is 4.17. The number of nitrogens with zero attached hydrogens (tertiary/aromatic N) is 3. The number of anilines is 1. The number of hydrogen-bond donors (Lipinski definition) is 2. The van der Waals surface area contributed by atoms with Crippen molar-refractivity contribution >= 4 is 32.5 Å². The Labute approximate surface area is 164 Å². The van der Waals surface area contributed by atoms with Gasteiger partial charge in [0.2, 0.25) is 15.9 Å². The first kappa shape index (κ1) is 20.6. The maximum Gasteiger partial charge on any atom is 0.263 e. The van der Waals surface area contributed by atoms with Crippen LogP contribution in [0.25, 0.3) is 10.9 Å². The number of carbonyl (C=O) groups excluding carboxylic acids is 1. The fourth-order valence-electron chi connectivity index (χ4n) is 2.66. The molecule has 2 N–H and O–H groups in total. The summed E-state index contributed by atoms with van der Waals surface area (Å²) in [6, 6.07) is 4.67. The molecule has 0 aliphatic heterocycles. The fourth-order valence-corrected chi connectivity index (χ4v) is 3.99. The number of aromatic amines is 1. The highest BCUT2D eigenvalue weighted by Gasteiger charge is 2.27. The van der Waals surface area contributed by atoms with Gasteiger partial charge in [0.1, 0.15) is 4.90 Å². The molecule has 0 spiro atoms. The molecular formula is C17H17F2N5O4S. The second kappa shape index (κ2) is 7.72. The van der Waals surface area contributed by atoms with E-state index in [0.29, 0.717) is 0 Å². The lowest BCUT2D eigenvalue weighted by Crippen LogP contribution is -2.35. The lowest BCUT2D eigenvalue weighted by molar-refractivity contribution is -0.116. The number of amides is 1. The number of fused-ring (bicyclic) bond motifs is 1. The molecule has 1 aromatic carbocycles. The van der Waals surface area contributed by atoms with Gasteiger partial charge in [0, 0.05) is 43.0 Å². The number of nitrogens with one attached hydrogen (secondary N) is 2.